The van der Waals surface area contributed by atoms with E-state index in [0.717, 1.165) is 18.4 Å². The Bertz CT molecular complexity index is 955. The summed E-state index contributed by atoms with van der Waals surface area (Å²) in [5.74, 6) is -0.448. The Morgan fingerprint density at radius 3 is 2.97 bits per heavy atom. The number of amides is 2. The van der Waals surface area contributed by atoms with Crippen LogP contribution in [0.3, 0.4) is 0 Å². The number of nitrogens with zero attached hydrogens (tertiary/aromatic N) is 1. The summed E-state index contributed by atoms with van der Waals surface area (Å²) in [6, 6.07) is 7.14. The van der Waals surface area contributed by atoms with Crippen molar-refractivity contribution in [2.75, 3.05) is 24.6 Å². The van der Waals surface area contributed by atoms with E-state index < -0.39 is 18.0 Å². The van der Waals surface area contributed by atoms with Crippen LogP contribution in [0.2, 0.25) is 0 Å². The third-order valence-electron chi connectivity index (χ3n) is 5.09. The van der Waals surface area contributed by atoms with Crippen molar-refractivity contribution in [1.82, 2.24) is 10.6 Å². The second-order valence-electron chi connectivity index (χ2n) is 6.93. The largest absolute Gasteiger partial charge is 0.467 e. The van der Waals surface area contributed by atoms with E-state index >= 15 is 0 Å². The lowest BCUT2D eigenvalue weighted by Crippen LogP contribution is -2.49. The van der Waals surface area contributed by atoms with Crippen LogP contribution >= 0.6 is 0 Å². The second kappa shape index (κ2) is 7.98. The highest BCUT2D eigenvalue weighted by Crippen LogP contribution is 2.33. The van der Waals surface area contributed by atoms with Crippen LogP contribution in [0.5, 0.6) is 0 Å². The summed E-state index contributed by atoms with van der Waals surface area (Å²) < 4.78 is 25.2. The Balaban J connectivity index is 1.76. The predicted octanol–water partition coefficient (Wildman–Crippen LogP) is 3.04. The zero-order chi connectivity index (χ0) is 20.4. The second-order valence-corrected chi connectivity index (χ2v) is 6.93. The molecule has 1 aromatic heterocycles. The molecule has 1 aromatic carbocycles. The third-order valence-corrected chi connectivity index (χ3v) is 5.09. The first kappa shape index (κ1) is 19.0. The molecule has 0 radical (unpaired) electrons. The molecule has 2 aliphatic heterocycles. The molecule has 29 heavy (non-hydrogen) atoms. The highest BCUT2D eigenvalue weighted by Gasteiger charge is 2.36. The van der Waals surface area contributed by atoms with Crippen molar-refractivity contribution < 1.29 is 23.1 Å². The van der Waals surface area contributed by atoms with Crippen LogP contribution in [0.1, 0.15) is 30.7 Å². The summed E-state index contributed by atoms with van der Waals surface area (Å²) in [5.41, 5.74) is 2.06. The van der Waals surface area contributed by atoms with Crippen LogP contribution in [0.4, 0.5) is 14.9 Å². The quantitative estimate of drug-likeness (QED) is 0.755. The maximum atomic E-state index is 14.6. The average Bonchev–Trinajstić information content (AvgIpc) is 3.22. The van der Waals surface area contributed by atoms with Gasteiger partial charge in [0.15, 0.2) is 0 Å². The number of aryl methyl sites for hydroxylation is 1. The summed E-state index contributed by atoms with van der Waals surface area (Å²) in [4.78, 5) is 26.9. The van der Waals surface area contributed by atoms with Gasteiger partial charge < -0.3 is 24.7 Å². The summed E-state index contributed by atoms with van der Waals surface area (Å²) in [6.45, 7) is 2.69. The van der Waals surface area contributed by atoms with Crippen molar-refractivity contribution in [2.24, 2.45) is 0 Å². The molecule has 0 bridgehead atoms. The maximum absolute atomic E-state index is 14.6. The van der Waals surface area contributed by atoms with E-state index in [2.05, 4.69) is 10.6 Å². The van der Waals surface area contributed by atoms with Gasteiger partial charge in [-0.2, -0.15) is 0 Å². The lowest BCUT2D eigenvalue weighted by atomic mass is 9.97. The van der Waals surface area contributed by atoms with Crippen molar-refractivity contribution >= 4 is 17.7 Å². The highest BCUT2D eigenvalue weighted by atomic mass is 19.1. The number of fused-ring (bicyclic) bond motifs is 1. The van der Waals surface area contributed by atoms with E-state index in [1.165, 1.54) is 12.3 Å². The van der Waals surface area contributed by atoms with Crippen LogP contribution in [0.25, 0.3) is 0 Å². The molecule has 2 aromatic rings. The van der Waals surface area contributed by atoms with Crippen molar-refractivity contribution in [3.8, 4) is 0 Å². The lowest BCUT2D eigenvalue weighted by Gasteiger charge is -2.35. The van der Waals surface area contributed by atoms with Crippen molar-refractivity contribution in [3.05, 3.63) is 65.0 Å². The molecule has 7 nitrogen and oxygen atoms in total. The SMILES string of the molecule is CCOC(=O)C1=C(CN2CCCc3cccc(F)c32)NC(=O)NC1c1ccco1. The first-order chi connectivity index (χ1) is 14.1. The van der Waals surface area contributed by atoms with Crippen LogP contribution < -0.4 is 15.5 Å². The zero-order valence-corrected chi connectivity index (χ0v) is 16.0. The molecule has 1 atom stereocenters. The Hall–Kier alpha value is -3.29. The van der Waals surface area contributed by atoms with Gasteiger partial charge in [-0.15, -0.1) is 0 Å². The fourth-order valence-electron chi connectivity index (χ4n) is 3.90. The summed E-state index contributed by atoms with van der Waals surface area (Å²) >= 11 is 0. The molecule has 0 saturated heterocycles. The monoisotopic (exact) mass is 399 g/mol. The van der Waals surface area contributed by atoms with Gasteiger partial charge in [0.1, 0.15) is 17.6 Å². The molecule has 4 rings (SSSR count). The fourth-order valence-corrected chi connectivity index (χ4v) is 3.90. The Kier molecular flexibility index (Phi) is 5.24. The minimum absolute atomic E-state index is 0.173. The van der Waals surface area contributed by atoms with Gasteiger partial charge in [-0.25, -0.2) is 14.0 Å². The van der Waals surface area contributed by atoms with Gasteiger partial charge >= 0.3 is 12.0 Å². The van der Waals surface area contributed by atoms with Gasteiger partial charge in [-0.05, 0) is 43.5 Å². The van der Waals surface area contributed by atoms with E-state index in [9.17, 15) is 14.0 Å². The molecule has 0 aliphatic carbocycles. The molecule has 2 aliphatic rings. The van der Waals surface area contributed by atoms with Crippen molar-refractivity contribution in [2.45, 2.75) is 25.8 Å². The molecule has 2 amide bonds. The summed E-state index contributed by atoms with van der Waals surface area (Å²) in [6.07, 6.45) is 3.12. The molecule has 3 heterocycles. The number of carbonyl (C=O) groups is 2. The average molecular weight is 399 g/mol. The molecule has 0 spiro atoms. The minimum atomic E-state index is -0.780. The molecule has 1 unspecified atom stereocenters. The summed E-state index contributed by atoms with van der Waals surface area (Å²) in [7, 11) is 0. The number of para-hydroxylation sites is 1. The lowest BCUT2D eigenvalue weighted by molar-refractivity contribution is -0.139. The maximum Gasteiger partial charge on any atom is 0.338 e. The van der Waals surface area contributed by atoms with Crippen LogP contribution in [-0.2, 0) is 16.0 Å². The van der Waals surface area contributed by atoms with Gasteiger partial charge in [0, 0.05) is 6.54 Å². The van der Waals surface area contributed by atoms with E-state index in [4.69, 9.17) is 9.15 Å². The Morgan fingerprint density at radius 1 is 1.34 bits per heavy atom. The number of anilines is 1. The number of carbonyl (C=O) groups excluding carboxylic acids is 2. The van der Waals surface area contributed by atoms with Crippen LogP contribution in [-0.4, -0.2) is 31.7 Å². The predicted molar refractivity (Wildman–Crippen MR) is 104 cm³/mol. The molecule has 152 valence electrons. The molecular formula is C21H22FN3O4. The standard InChI is InChI=1S/C21H22FN3O4/c1-2-28-20(26)17-15(23-21(27)24-18(17)16-9-5-11-29-16)12-25-10-4-7-13-6-3-8-14(22)19(13)25/h3,5-6,8-9,11,18H,2,4,7,10,12H2,1H3,(H2,23,24,27). The van der Waals surface area contributed by atoms with Gasteiger partial charge in [0.05, 0.1) is 36.4 Å². The smallest absolute Gasteiger partial charge is 0.338 e. The number of nitrogens with one attached hydrogen (secondary N) is 2. The van der Waals surface area contributed by atoms with Crippen molar-refractivity contribution in [1.29, 1.82) is 0 Å². The van der Waals surface area contributed by atoms with Crippen LogP contribution in [0, 0.1) is 5.82 Å². The van der Waals surface area contributed by atoms with Crippen LogP contribution in [0.15, 0.2) is 52.3 Å². The van der Waals surface area contributed by atoms with E-state index in [0.29, 0.717) is 23.7 Å². The number of hydrogen-bond donors (Lipinski definition) is 2. The number of furan rings is 1. The highest BCUT2D eigenvalue weighted by molar-refractivity contribution is 5.95. The number of halogens is 1. The Labute approximate surface area is 167 Å². The number of ether oxygens (including phenoxy) is 1. The normalized spacial score (nSPS) is 18.8. The Morgan fingerprint density at radius 2 is 2.21 bits per heavy atom. The topological polar surface area (TPSA) is 83.8 Å². The van der Waals surface area contributed by atoms with Crippen molar-refractivity contribution in [3.63, 3.8) is 0 Å². The number of rotatable bonds is 5. The number of esters is 1. The minimum Gasteiger partial charge on any atom is -0.467 e. The molecule has 0 fully saturated rings. The fraction of sp³-hybridized carbons (Fsp3) is 0.333. The summed E-state index contributed by atoms with van der Waals surface area (Å²) in [5, 5.41) is 5.43. The zero-order valence-electron chi connectivity index (χ0n) is 16.0. The van der Waals surface area contributed by atoms with Gasteiger partial charge in [-0.1, -0.05) is 12.1 Å². The van der Waals surface area contributed by atoms with Gasteiger partial charge in [0.25, 0.3) is 0 Å². The molecule has 8 heteroatoms. The number of benzene rings is 1. The first-order valence-corrected chi connectivity index (χ1v) is 9.62. The molecule has 2 N–H and O–H groups in total. The van der Waals surface area contributed by atoms with Gasteiger partial charge in [-0.3, -0.25) is 0 Å². The molecule has 0 saturated carbocycles. The van der Waals surface area contributed by atoms with E-state index in [-0.39, 0.29) is 24.5 Å². The van der Waals surface area contributed by atoms with E-state index in [1.54, 1.807) is 25.1 Å². The van der Waals surface area contributed by atoms with E-state index in [1.807, 2.05) is 11.0 Å². The molecular weight excluding hydrogens is 377 g/mol. The number of urea groups is 1. The van der Waals surface area contributed by atoms with Gasteiger partial charge in [0.2, 0.25) is 0 Å². The first-order valence-electron chi connectivity index (χ1n) is 9.62. The number of hydrogen-bond acceptors (Lipinski definition) is 5. The third kappa shape index (κ3) is 3.70.